The Morgan fingerprint density at radius 3 is 2.39 bits per heavy atom. The normalized spacial score (nSPS) is 12.9. The van der Waals surface area contributed by atoms with Crippen molar-refractivity contribution in [3.63, 3.8) is 0 Å². The van der Waals surface area contributed by atoms with Crippen molar-refractivity contribution >= 4 is 11.9 Å². The quantitative estimate of drug-likeness (QED) is 0.777. The molecule has 0 aliphatic heterocycles. The van der Waals surface area contributed by atoms with Crippen LogP contribution in [0.1, 0.15) is 33.3 Å². The molecule has 1 amide bonds. The lowest BCUT2D eigenvalue weighted by Crippen LogP contribution is -2.57. The molecule has 0 aromatic heterocycles. The van der Waals surface area contributed by atoms with Crippen molar-refractivity contribution in [1.82, 2.24) is 5.32 Å². The van der Waals surface area contributed by atoms with E-state index in [2.05, 4.69) is 5.32 Å². The standard InChI is InChI=1S/C17H22N2O4/c1-5-22-16(21)17(4,12(2)3)19-15(20)11-23-14-8-6-13(10-18)7-9-14/h6-9,12H,5,11H2,1-4H3,(H,19,20)/t17-/m0/s1. The summed E-state index contributed by atoms with van der Waals surface area (Å²) in [6, 6.07) is 8.42. The number of amides is 1. The molecule has 0 fully saturated rings. The van der Waals surface area contributed by atoms with Gasteiger partial charge in [-0.05, 0) is 44.0 Å². The van der Waals surface area contributed by atoms with Gasteiger partial charge >= 0.3 is 5.97 Å². The highest BCUT2D eigenvalue weighted by Crippen LogP contribution is 2.19. The van der Waals surface area contributed by atoms with Crippen molar-refractivity contribution in [3.05, 3.63) is 29.8 Å². The molecule has 0 bridgehead atoms. The molecular formula is C17H22N2O4. The topological polar surface area (TPSA) is 88.4 Å². The van der Waals surface area contributed by atoms with Gasteiger partial charge in [-0.2, -0.15) is 5.26 Å². The van der Waals surface area contributed by atoms with Crippen molar-refractivity contribution < 1.29 is 19.1 Å². The number of ether oxygens (including phenoxy) is 2. The Hall–Kier alpha value is -2.55. The first kappa shape index (κ1) is 18.5. The summed E-state index contributed by atoms with van der Waals surface area (Å²) in [6.45, 7) is 7.04. The van der Waals surface area contributed by atoms with Crippen LogP contribution in [0.15, 0.2) is 24.3 Å². The summed E-state index contributed by atoms with van der Waals surface area (Å²) in [4.78, 5) is 24.2. The summed E-state index contributed by atoms with van der Waals surface area (Å²) in [5, 5.41) is 11.4. The fourth-order valence-corrected chi connectivity index (χ4v) is 1.81. The molecule has 6 heteroatoms. The number of benzene rings is 1. The highest BCUT2D eigenvalue weighted by Gasteiger charge is 2.39. The van der Waals surface area contributed by atoms with Gasteiger partial charge in [0.15, 0.2) is 6.61 Å². The first-order chi connectivity index (χ1) is 10.8. The van der Waals surface area contributed by atoms with Crippen LogP contribution < -0.4 is 10.1 Å². The second-order valence-electron chi connectivity index (χ2n) is 5.55. The van der Waals surface area contributed by atoms with Crippen LogP contribution in [0.2, 0.25) is 0 Å². The minimum atomic E-state index is -1.11. The lowest BCUT2D eigenvalue weighted by Gasteiger charge is -2.32. The van der Waals surface area contributed by atoms with Gasteiger partial charge in [-0.25, -0.2) is 4.79 Å². The lowest BCUT2D eigenvalue weighted by molar-refractivity contribution is -0.155. The number of nitrogens with one attached hydrogen (secondary N) is 1. The molecule has 0 heterocycles. The van der Waals surface area contributed by atoms with Crippen molar-refractivity contribution in [2.24, 2.45) is 5.92 Å². The minimum absolute atomic E-state index is 0.139. The number of rotatable bonds is 7. The third kappa shape index (κ3) is 4.99. The fraction of sp³-hybridized carbons (Fsp3) is 0.471. The second kappa shape index (κ2) is 8.18. The Morgan fingerprint density at radius 1 is 1.30 bits per heavy atom. The molecule has 0 unspecified atom stereocenters. The number of nitrogens with zero attached hydrogens (tertiary/aromatic N) is 1. The van der Waals surface area contributed by atoms with Crippen molar-refractivity contribution in [2.75, 3.05) is 13.2 Å². The number of hydrogen-bond donors (Lipinski definition) is 1. The van der Waals surface area contributed by atoms with E-state index in [4.69, 9.17) is 14.7 Å². The molecule has 0 aliphatic carbocycles. The van der Waals surface area contributed by atoms with Gasteiger partial charge in [-0.3, -0.25) is 4.79 Å². The molecule has 1 N–H and O–H groups in total. The summed E-state index contributed by atoms with van der Waals surface area (Å²) < 4.78 is 10.4. The van der Waals surface area contributed by atoms with E-state index in [-0.39, 0.29) is 19.1 Å². The summed E-state index contributed by atoms with van der Waals surface area (Å²) in [6.07, 6.45) is 0. The number of hydrogen-bond acceptors (Lipinski definition) is 5. The minimum Gasteiger partial charge on any atom is -0.484 e. The third-order valence-electron chi connectivity index (χ3n) is 3.61. The van der Waals surface area contributed by atoms with Crippen LogP contribution in [0.4, 0.5) is 0 Å². The molecule has 0 spiro atoms. The van der Waals surface area contributed by atoms with E-state index in [1.165, 1.54) is 0 Å². The molecule has 1 aromatic carbocycles. The highest BCUT2D eigenvalue weighted by molar-refractivity contribution is 5.88. The van der Waals surface area contributed by atoms with E-state index >= 15 is 0 Å². The number of nitriles is 1. The zero-order valence-electron chi connectivity index (χ0n) is 13.9. The molecule has 23 heavy (non-hydrogen) atoms. The Labute approximate surface area is 136 Å². The van der Waals surface area contributed by atoms with Crippen LogP contribution in [-0.2, 0) is 14.3 Å². The van der Waals surface area contributed by atoms with E-state index in [9.17, 15) is 9.59 Å². The maximum absolute atomic E-state index is 12.1. The Kier molecular flexibility index (Phi) is 6.58. The summed E-state index contributed by atoms with van der Waals surface area (Å²) in [7, 11) is 0. The zero-order valence-corrected chi connectivity index (χ0v) is 13.9. The molecule has 1 aromatic rings. The average Bonchev–Trinajstić information content (AvgIpc) is 2.53. The van der Waals surface area contributed by atoms with Gasteiger partial charge in [0.1, 0.15) is 11.3 Å². The molecule has 0 saturated carbocycles. The predicted octanol–water partition coefficient (Wildman–Crippen LogP) is 2.03. The predicted molar refractivity (Wildman–Crippen MR) is 84.7 cm³/mol. The van der Waals surface area contributed by atoms with E-state index < -0.39 is 17.4 Å². The van der Waals surface area contributed by atoms with Gasteiger partial charge in [0.2, 0.25) is 0 Å². The van der Waals surface area contributed by atoms with Crippen LogP contribution in [0, 0.1) is 17.2 Å². The first-order valence-corrected chi connectivity index (χ1v) is 7.44. The maximum Gasteiger partial charge on any atom is 0.331 e. The van der Waals surface area contributed by atoms with Gasteiger partial charge in [0.25, 0.3) is 5.91 Å². The van der Waals surface area contributed by atoms with Crippen LogP contribution in [0.25, 0.3) is 0 Å². The smallest absolute Gasteiger partial charge is 0.331 e. The number of carbonyl (C=O) groups excluding carboxylic acids is 2. The van der Waals surface area contributed by atoms with Crippen molar-refractivity contribution in [3.8, 4) is 11.8 Å². The van der Waals surface area contributed by atoms with Gasteiger partial charge in [-0.15, -0.1) is 0 Å². The zero-order chi connectivity index (χ0) is 17.5. The monoisotopic (exact) mass is 318 g/mol. The summed E-state index contributed by atoms with van der Waals surface area (Å²) in [5.74, 6) is -0.553. The third-order valence-corrected chi connectivity index (χ3v) is 3.61. The Morgan fingerprint density at radius 2 is 1.91 bits per heavy atom. The van der Waals surface area contributed by atoms with Crippen LogP contribution in [0.5, 0.6) is 5.75 Å². The molecule has 0 aliphatic rings. The molecule has 6 nitrogen and oxygen atoms in total. The fourth-order valence-electron chi connectivity index (χ4n) is 1.81. The first-order valence-electron chi connectivity index (χ1n) is 7.44. The van der Waals surface area contributed by atoms with Crippen LogP contribution in [0.3, 0.4) is 0 Å². The van der Waals surface area contributed by atoms with Gasteiger partial charge in [0.05, 0.1) is 18.2 Å². The second-order valence-corrected chi connectivity index (χ2v) is 5.55. The SMILES string of the molecule is CCOC(=O)[C@@](C)(NC(=O)COc1ccc(C#N)cc1)C(C)C. The molecule has 1 rings (SSSR count). The van der Waals surface area contributed by atoms with E-state index in [1.807, 2.05) is 19.9 Å². The largest absolute Gasteiger partial charge is 0.484 e. The highest BCUT2D eigenvalue weighted by atomic mass is 16.5. The number of esters is 1. The maximum atomic E-state index is 12.1. The lowest BCUT2D eigenvalue weighted by atomic mass is 9.88. The van der Waals surface area contributed by atoms with Crippen LogP contribution in [-0.4, -0.2) is 30.6 Å². The molecule has 0 radical (unpaired) electrons. The van der Waals surface area contributed by atoms with Gasteiger partial charge in [0, 0.05) is 0 Å². The summed E-state index contributed by atoms with van der Waals surface area (Å²) in [5.41, 5.74) is -0.599. The molecule has 124 valence electrons. The molecule has 1 atom stereocenters. The van der Waals surface area contributed by atoms with E-state index in [1.54, 1.807) is 38.1 Å². The van der Waals surface area contributed by atoms with Crippen molar-refractivity contribution in [1.29, 1.82) is 5.26 Å². The van der Waals surface area contributed by atoms with E-state index in [0.29, 0.717) is 11.3 Å². The van der Waals surface area contributed by atoms with Crippen molar-refractivity contribution in [2.45, 2.75) is 33.2 Å². The van der Waals surface area contributed by atoms with Gasteiger partial charge in [-0.1, -0.05) is 13.8 Å². The molecular weight excluding hydrogens is 296 g/mol. The van der Waals surface area contributed by atoms with Gasteiger partial charge < -0.3 is 14.8 Å². The molecule has 0 saturated heterocycles. The Bertz CT molecular complexity index is 590. The average molecular weight is 318 g/mol. The van der Waals surface area contributed by atoms with Crippen LogP contribution >= 0.6 is 0 Å². The summed E-state index contributed by atoms with van der Waals surface area (Å²) >= 11 is 0. The Balaban J connectivity index is 2.65. The number of carbonyl (C=O) groups is 2. The van der Waals surface area contributed by atoms with E-state index in [0.717, 1.165) is 0 Å².